The van der Waals surface area contributed by atoms with E-state index >= 15 is 0 Å². The van der Waals surface area contributed by atoms with Crippen molar-refractivity contribution in [2.75, 3.05) is 6.54 Å². The van der Waals surface area contributed by atoms with E-state index in [9.17, 15) is 13.2 Å². The van der Waals surface area contributed by atoms with Crippen LogP contribution in [0.25, 0.3) is 10.4 Å². The summed E-state index contributed by atoms with van der Waals surface area (Å²) in [5, 5.41) is 2.91. The molecule has 0 atom stereocenters. The Bertz CT molecular complexity index is 1300. The Morgan fingerprint density at radius 3 is 2.12 bits per heavy atom. The Labute approximate surface area is 198 Å². The van der Waals surface area contributed by atoms with E-state index in [2.05, 4.69) is 10.0 Å². The van der Waals surface area contributed by atoms with Gasteiger partial charge in [0.2, 0.25) is 10.0 Å². The van der Waals surface area contributed by atoms with Gasteiger partial charge in [0.05, 0.1) is 0 Å². The summed E-state index contributed by atoms with van der Waals surface area (Å²) in [4.78, 5) is 13.2. The van der Waals surface area contributed by atoms with Gasteiger partial charge in [-0.25, -0.2) is 13.1 Å². The molecule has 0 bridgehead atoms. The fourth-order valence-corrected chi connectivity index (χ4v) is 5.69. The van der Waals surface area contributed by atoms with Gasteiger partial charge >= 0.3 is 0 Å². The molecule has 0 aliphatic heterocycles. The Balaban J connectivity index is 1.30. The van der Waals surface area contributed by atoms with E-state index in [1.165, 1.54) is 16.9 Å². The smallest absolute Gasteiger partial charge is 0.251 e. The monoisotopic (exact) mass is 476 g/mol. The van der Waals surface area contributed by atoms with Crippen LogP contribution in [0.5, 0.6) is 0 Å². The number of thiophene rings is 1. The van der Waals surface area contributed by atoms with Crippen molar-refractivity contribution in [3.8, 4) is 10.4 Å². The quantitative estimate of drug-likeness (QED) is 0.362. The summed E-state index contributed by atoms with van der Waals surface area (Å²) in [6, 6.07) is 30.0. The highest BCUT2D eigenvalue weighted by molar-refractivity contribution is 7.91. The van der Waals surface area contributed by atoms with Gasteiger partial charge in [-0.15, -0.1) is 11.3 Å². The molecule has 0 aliphatic carbocycles. The van der Waals surface area contributed by atoms with E-state index in [1.807, 2.05) is 66.7 Å². The zero-order valence-corrected chi connectivity index (χ0v) is 19.5. The maximum Gasteiger partial charge on any atom is 0.251 e. The predicted octanol–water partition coefficient (Wildman–Crippen LogP) is 4.87. The van der Waals surface area contributed by atoms with Gasteiger partial charge < -0.3 is 5.32 Å². The lowest BCUT2D eigenvalue weighted by Crippen LogP contribution is -2.26. The maximum absolute atomic E-state index is 12.7. The van der Waals surface area contributed by atoms with Gasteiger partial charge in [-0.05, 0) is 47.4 Å². The molecule has 4 rings (SSSR count). The summed E-state index contributed by atoms with van der Waals surface area (Å²) in [6.07, 6.45) is 0.765. The molecule has 7 heteroatoms. The average molecular weight is 477 g/mol. The first-order valence-corrected chi connectivity index (χ1v) is 12.9. The molecule has 4 aromatic rings. The van der Waals surface area contributed by atoms with Crippen LogP contribution in [0.1, 0.15) is 21.5 Å². The third-order valence-corrected chi connectivity index (χ3v) is 8.16. The Kier molecular flexibility index (Phi) is 7.34. The minimum Gasteiger partial charge on any atom is -0.352 e. The number of benzene rings is 3. The van der Waals surface area contributed by atoms with Crippen molar-refractivity contribution in [1.29, 1.82) is 0 Å². The number of hydrogen-bond donors (Lipinski definition) is 2. The third-order valence-electron chi connectivity index (χ3n) is 5.13. The average Bonchev–Trinajstić information content (AvgIpc) is 3.36. The predicted molar refractivity (Wildman–Crippen MR) is 133 cm³/mol. The Hall–Kier alpha value is -3.26. The molecule has 5 nitrogen and oxygen atoms in total. The number of carbonyl (C=O) groups is 1. The largest absolute Gasteiger partial charge is 0.352 e. The van der Waals surface area contributed by atoms with Crippen LogP contribution in [0, 0.1) is 0 Å². The summed E-state index contributed by atoms with van der Waals surface area (Å²) < 4.78 is 28.3. The lowest BCUT2D eigenvalue weighted by molar-refractivity contribution is 0.0954. The first kappa shape index (κ1) is 22.9. The van der Waals surface area contributed by atoms with Crippen molar-refractivity contribution < 1.29 is 13.2 Å². The minimum atomic E-state index is -3.62. The van der Waals surface area contributed by atoms with Crippen molar-refractivity contribution >= 4 is 27.3 Å². The van der Waals surface area contributed by atoms with E-state index in [4.69, 9.17) is 0 Å². The van der Waals surface area contributed by atoms with Gasteiger partial charge in [-0.1, -0.05) is 72.8 Å². The van der Waals surface area contributed by atoms with E-state index in [0.29, 0.717) is 12.1 Å². The number of rotatable bonds is 9. The lowest BCUT2D eigenvalue weighted by atomic mass is 10.1. The molecule has 1 amide bonds. The van der Waals surface area contributed by atoms with Crippen LogP contribution in [0.3, 0.4) is 0 Å². The molecular formula is C26H24N2O3S2. The number of amides is 1. The van der Waals surface area contributed by atoms with Gasteiger partial charge in [0.25, 0.3) is 5.91 Å². The van der Waals surface area contributed by atoms with Crippen molar-refractivity contribution in [2.24, 2.45) is 0 Å². The molecule has 1 aromatic heterocycles. The molecule has 0 radical (unpaired) electrons. The van der Waals surface area contributed by atoms with Gasteiger partial charge in [0.1, 0.15) is 4.21 Å². The van der Waals surface area contributed by atoms with Crippen molar-refractivity contribution in [1.82, 2.24) is 10.0 Å². The topological polar surface area (TPSA) is 75.3 Å². The van der Waals surface area contributed by atoms with E-state index in [0.717, 1.165) is 22.4 Å². The van der Waals surface area contributed by atoms with E-state index < -0.39 is 10.0 Å². The van der Waals surface area contributed by atoms with Crippen LogP contribution in [0.2, 0.25) is 0 Å². The third kappa shape index (κ3) is 6.16. The molecule has 0 fully saturated rings. The SMILES string of the molecule is O=C(NCCc1ccccc1)c1ccc(CNS(=O)(=O)c2ccc(-c3ccccc3)s2)cc1. The summed E-state index contributed by atoms with van der Waals surface area (Å²) in [7, 11) is -3.62. The van der Waals surface area contributed by atoms with Crippen molar-refractivity contribution in [2.45, 2.75) is 17.2 Å². The number of carbonyl (C=O) groups excluding carboxylic acids is 1. The van der Waals surface area contributed by atoms with Crippen LogP contribution >= 0.6 is 11.3 Å². The first-order chi connectivity index (χ1) is 16.0. The summed E-state index contributed by atoms with van der Waals surface area (Å²) in [6.45, 7) is 0.701. The van der Waals surface area contributed by atoms with E-state index in [1.54, 1.807) is 30.3 Å². The molecule has 0 unspecified atom stereocenters. The van der Waals surface area contributed by atoms with Crippen molar-refractivity contribution in [3.63, 3.8) is 0 Å². The number of nitrogens with one attached hydrogen (secondary N) is 2. The second-order valence-corrected chi connectivity index (χ2v) is 10.6. The molecule has 33 heavy (non-hydrogen) atoms. The molecule has 0 spiro atoms. The normalized spacial score (nSPS) is 11.3. The van der Waals surface area contributed by atoms with Crippen LogP contribution < -0.4 is 10.0 Å². The maximum atomic E-state index is 12.7. The fraction of sp³-hybridized carbons (Fsp3) is 0.115. The van der Waals surface area contributed by atoms with Crippen LogP contribution in [0.4, 0.5) is 0 Å². The first-order valence-electron chi connectivity index (χ1n) is 10.6. The van der Waals surface area contributed by atoms with Crippen molar-refractivity contribution in [3.05, 3.63) is 114 Å². The van der Waals surface area contributed by atoms with Gasteiger partial charge in [-0.2, -0.15) is 0 Å². The Morgan fingerprint density at radius 1 is 0.758 bits per heavy atom. The second kappa shape index (κ2) is 10.6. The standard InChI is InChI=1S/C26H24N2O3S2/c29-26(27-18-17-20-7-3-1-4-8-20)23-13-11-21(12-14-23)19-28-33(30,31)25-16-15-24(32-25)22-9-5-2-6-10-22/h1-16,28H,17-19H2,(H,27,29). The van der Waals surface area contributed by atoms with E-state index in [-0.39, 0.29) is 16.7 Å². The minimum absolute atomic E-state index is 0.148. The molecule has 168 valence electrons. The summed E-state index contributed by atoms with van der Waals surface area (Å²) >= 11 is 1.24. The Morgan fingerprint density at radius 2 is 1.42 bits per heavy atom. The zero-order chi connectivity index (χ0) is 23.1. The van der Waals surface area contributed by atoms with Gasteiger partial charge in [0, 0.05) is 23.5 Å². The highest BCUT2D eigenvalue weighted by atomic mass is 32.2. The fourth-order valence-electron chi connectivity index (χ4n) is 3.31. The van der Waals surface area contributed by atoms with Gasteiger partial charge in [-0.3, -0.25) is 4.79 Å². The molecule has 0 saturated carbocycles. The number of hydrogen-bond acceptors (Lipinski definition) is 4. The van der Waals surface area contributed by atoms with Crippen LogP contribution in [0.15, 0.2) is 101 Å². The highest BCUT2D eigenvalue weighted by Crippen LogP contribution is 2.30. The zero-order valence-electron chi connectivity index (χ0n) is 17.9. The number of sulfonamides is 1. The molecular weight excluding hydrogens is 452 g/mol. The second-order valence-electron chi connectivity index (χ2n) is 7.50. The van der Waals surface area contributed by atoms with Crippen LogP contribution in [-0.2, 0) is 23.0 Å². The lowest BCUT2D eigenvalue weighted by Gasteiger charge is -2.08. The van der Waals surface area contributed by atoms with Gasteiger partial charge in [0.15, 0.2) is 0 Å². The molecule has 0 saturated heterocycles. The highest BCUT2D eigenvalue weighted by Gasteiger charge is 2.17. The van der Waals surface area contributed by atoms with Crippen LogP contribution in [-0.4, -0.2) is 20.9 Å². The molecule has 3 aromatic carbocycles. The summed E-state index contributed by atoms with van der Waals surface area (Å²) in [5.41, 5.74) is 3.48. The summed E-state index contributed by atoms with van der Waals surface area (Å²) in [5.74, 6) is -0.148. The molecule has 2 N–H and O–H groups in total. The molecule has 1 heterocycles. The molecule has 0 aliphatic rings.